The van der Waals surface area contributed by atoms with Gasteiger partial charge >= 0.3 is 6.09 Å². The van der Waals surface area contributed by atoms with E-state index >= 15 is 0 Å². The first-order chi connectivity index (χ1) is 15.0. The summed E-state index contributed by atoms with van der Waals surface area (Å²) in [4.78, 5) is 12.6. The van der Waals surface area contributed by atoms with Gasteiger partial charge in [-0.3, -0.25) is 0 Å². The van der Waals surface area contributed by atoms with Gasteiger partial charge in [-0.25, -0.2) is 9.10 Å². The van der Waals surface area contributed by atoms with Crippen LogP contribution in [0.25, 0.3) is 0 Å². The summed E-state index contributed by atoms with van der Waals surface area (Å²) in [5.41, 5.74) is 9.85. The van der Waals surface area contributed by atoms with Crippen LogP contribution in [0.2, 0.25) is 0 Å². The van der Waals surface area contributed by atoms with Crippen molar-refractivity contribution >= 4 is 29.4 Å². The number of thiophene rings is 1. The van der Waals surface area contributed by atoms with E-state index < -0.39 is 11.7 Å². The molecule has 1 aromatic carbocycles. The van der Waals surface area contributed by atoms with E-state index in [0.29, 0.717) is 5.92 Å². The summed E-state index contributed by atoms with van der Waals surface area (Å²) in [5, 5.41) is 2.08. The predicted molar refractivity (Wildman–Crippen MR) is 138 cm³/mol. The van der Waals surface area contributed by atoms with Crippen LogP contribution in [0.4, 0.5) is 4.79 Å². The van der Waals surface area contributed by atoms with Gasteiger partial charge in [-0.05, 0) is 94.2 Å². The van der Waals surface area contributed by atoms with Crippen molar-refractivity contribution in [3.8, 4) is 5.75 Å². The standard InChI is InChI=1S/C14H24N2OS.C5H11NO2.C5H6S/c1-12(2)11-16(10-4-9-15)18-14-7-5-13(17-3)6-8-14;1-5(2,3)8-4(6)7;1-5-3-2-4-6-5/h5-8,12H,4,9-11,15H2,1-3H3;1-3H3,(H2,6,7);2-4H,1H3. The summed E-state index contributed by atoms with van der Waals surface area (Å²) in [6, 6.07) is 12.3. The first-order valence-corrected chi connectivity index (χ1v) is 12.4. The maximum atomic E-state index is 10.0. The Kier molecular flexibility index (Phi) is 15.9. The van der Waals surface area contributed by atoms with E-state index in [4.69, 9.17) is 16.2 Å². The molecule has 0 bridgehead atoms. The summed E-state index contributed by atoms with van der Waals surface area (Å²) in [7, 11) is 1.69. The molecule has 0 saturated heterocycles. The number of hydrogen-bond acceptors (Lipinski definition) is 7. The zero-order valence-electron chi connectivity index (χ0n) is 20.6. The largest absolute Gasteiger partial charge is 0.497 e. The number of hydrogen-bond donors (Lipinski definition) is 2. The van der Waals surface area contributed by atoms with Gasteiger partial charge in [0.1, 0.15) is 11.4 Å². The molecular weight excluding hydrogens is 442 g/mol. The average molecular weight is 484 g/mol. The van der Waals surface area contributed by atoms with E-state index in [1.165, 1.54) is 9.77 Å². The summed E-state index contributed by atoms with van der Waals surface area (Å²) in [6.45, 7) is 14.7. The van der Waals surface area contributed by atoms with Crippen molar-refractivity contribution in [1.29, 1.82) is 0 Å². The molecule has 0 aliphatic heterocycles. The first-order valence-electron chi connectivity index (χ1n) is 10.7. The number of aryl methyl sites for hydroxylation is 1. The van der Waals surface area contributed by atoms with Gasteiger partial charge in [0.15, 0.2) is 0 Å². The molecule has 0 atom stereocenters. The molecule has 0 saturated carbocycles. The molecule has 8 heteroatoms. The number of ether oxygens (including phenoxy) is 2. The molecule has 2 aromatic rings. The molecule has 6 nitrogen and oxygen atoms in total. The van der Waals surface area contributed by atoms with E-state index in [1.807, 2.05) is 12.1 Å². The first kappa shape index (κ1) is 30.3. The summed E-state index contributed by atoms with van der Waals surface area (Å²) >= 11 is 3.58. The van der Waals surface area contributed by atoms with Gasteiger partial charge in [-0.1, -0.05) is 19.9 Å². The fourth-order valence-electron chi connectivity index (χ4n) is 2.30. The van der Waals surface area contributed by atoms with Gasteiger partial charge in [0, 0.05) is 22.9 Å². The van der Waals surface area contributed by atoms with Gasteiger partial charge in [0.05, 0.1) is 7.11 Å². The van der Waals surface area contributed by atoms with Crippen molar-refractivity contribution in [1.82, 2.24) is 4.31 Å². The van der Waals surface area contributed by atoms with E-state index in [-0.39, 0.29) is 0 Å². The number of amides is 1. The molecular formula is C24H41N3O3S2. The molecule has 2 rings (SSSR count). The lowest BCUT2D eigenvalue weighted by Gasteiger charge is -2.22. The van der Waals surface area contributed by atoms with Crippen LogP contribution in [0.5, 0.6) is 5.75 Å². The number of nitrogens with two attached hydrogens (primary N) is 2. The quantitative estimate of drug-likeness (QED) is 0.451. The third kappa shape index (κ3) is 17.9. The highest BCUT2D eigenvalue weighted by Gasteiger charge is 2.12. The molecule has 0 radical (unpaired) electrons. The van der Waals surface area contributed by atoms with Crippen molar-refractivity contribution < 1.29 is 14.3 Å². The molecule has 32 heavy (non-hydrogen) atoms. The molecule has 0 spiro atoms. The topological polar surface area (TPSA) is 90.8 Å². The Labute approximate surface area is 202 Å². The third-order valence-corrected chi connectivity index (χ3v) is 5.42. The minimum Gasteiger partial charge on any atom is -0.497 e. The Balaban J connectivity index is 0.000000561. The maximum absolute atomic E-state index is 10.0. The number of carbonyl (C=O) groups is 1. The SMILES string of the molecule is CC(C)(C)OC(N)=O.COc1ccc(SN(CCCN)CC(C)C)cc1.Cc1cccs1. The average Bonchev–Trinajstić information content (AvgIpc) is 3.16. The lowest BCUT2D eigenvalue weighted by Crippen LogP contribution is -2.27. The van der Waals surface area contributed by atoms with Gasteiger partial charge in [0.25, 0.3) is 0 Å². The smallest absolute Gasteiger partial charge is 0.405 e. The van der Waals surface area contributed by atoms with E-state index in [1.54, 1.807) is 51.2 Å². The highest BCUT2D eigenvalue weighted by molar-refractivity contribution is 7.97. The van der Waals surface area contributed by atoms with Gasteiger partial charge in [-0.15, -0.1) is 11.3 Å². The second-order valence-corrected chi connectivity index (χ2v) is 10.8. The summed E-state index contributed by atoms with van der Waals surface area (Å²) in [6.07, 6.45) is 0.313. The minimum absolute atomic E-state index is 0.453. The van der Waals surface area contributed by atoms with E-state index in [0.717, 1.165) is 31.8 Å². The number of methoxy groups -OCH3 is 1. The van der Waals surface area contributed by atoms with Gasteiger partial charge in [-0.2, -0.15) is 0 Å². The maximum Gasteiger partial charge on any atom is 0.405 e. The molecule has 182 valence electrons. The molecule has 0 fully saturated rings. The van der Waals surface area contributed by atoms with Crippen molar-refractivity contribution in [3.63, 3.8) is 0 Å². The Morgan fingerprint density at radius 2 is 1.81 bits per heavy atom. The zero-order valence-corrected chi connectivity index (χ0v) is 22.2. The van der Waals surface area contributed by atoms with Crippen molar-refractivity contribution in [2.24, 2.45) is 17.4 Å². The zero-order chi connectivity index (χ0) is 24.6. The lowest BCUT2D eigenvalue weighted by molar-refractivity contribution is 0.0600. The van der Waals surface area contributed by atoms with Crippen molar-refractivity contribution in [3.05, 3.63) is 46.7 Å². The molecule has 4 N–H and O–H groups in total. The normalized spacial score (nSPS) is 10.7. The summed E-state index contributed by atoms with van der Waals surface area (Å²) in [5.74, 6) is 1.56. The number of nitrogens with zero attached hydrogens (tertiary/aromatic N) is 1. The monoisotopic (exact) mass is 483 g/mol. The molecule has 0 unspecified atom stereocenters. The lowest BCUT2D eigenvalue weighted by atomic mass is 10.2. The number of primary amides is 1. The van der Waals surface area contributed by atoms with Gasteiger partial charge in [0.2, 0.25) is 0 Å². The van der Waals surface area contributed by atoms with E-state index in [2.05, 4.69) is 59.5 Å². The van der Waals surface area contributed by atoms with Crippen LogP contribution >= 0.6 is 23.3 Å². The third-order valence-electron chi connectivity index (χ3n) is 3.54. The number of carbonyl (C=O) groups excluding carboxylic acids is 1. The second-order valence-electron chi connectivity index (χ2n) is 8.45. The molecule has 0 aliphatic rings. The highest BCUT2D eigenvalue weighted by Crippen LogP contribution is 2.25. The van der Waals surface area contributed by atoms with Crippen LogP contribution in [-0.4, -0.2) is 42.7 Å². The van der Waals surface area contributed by atoms with Gasteiger partial charge < -0.3 is 20.9 Å². The van der Waals surface area contributed by atoms with Crippen LogP contribution in [0.3, 0.4) is 0 Å². The number of benzene rings is 1. The van der Waals surface area contributed by atoms with Crippen LogP contribution in [0, 0.1) is 12.8 Å². The van der Waals surface area contributed by atoms with Crippen LogP contribution in [0.15, 0.2) is 46.7 Å². The number of rotatable bonds is 8. The highest BCUT2D eigenvalue weighted by atomic mass is 32.2. The Hall–Kier alpha value is -1.74. The van der Waals surface area contributed by atoms with Crippen molar-refractivity contribution in [2.45, 2.75) is 58.5 Å². The minimum atomic E-state index is -0.725. The molecule has 1 amide bonds. The predicted octanol–water partition coefficient (Wildman–Crippen LogP) is 5.95. The molecule has 1 heterocycles. The van der Waals surface area contributed by atoms with Crippen LogP contribution < -0.4 is 16.2 Å². The van der Waals surface area contributed by atoms with Crippen LogP contribution in [-0.2, 0) is 4.74 Å². The van der Waals surface area contributed by atoms with E-state index in [9.17, 15) is 4.79 Å². The fraction of sp³-hybridized carbons (Fsp3) is 0.542. The Morgan fingerprint density at radius 3 is 2.12 bits per heavy atom. The molecule has 1 aromatic heterocycles. The van der Waals surface area contributed by atoms with Crippen LogP contribution in [0.1, 0.15) is 45.9 Å². The Morgan fingerprint density at radius 1 is 1.19 bits per heavy atom. The summed E-state index contributed by atoms with van der Waals surface area (Å²) < 4.78 is 12.1. The van der Waals surface area contributed by atoms with Crippen molar-refractivity contribution in [2.75, 3.05) is 26.7 Å². The molecule has 0 aliphatic carbocycles. The Bertz CT molecular complexity index is 715. The fourth-order valence-corrected chi connectivity index (χ4v) is 3.98. The second kappa shape index (κ2) is 16.8.